The minimum atomic E-state index is -1.08. The first kappa shape index (κ1) is 6.53. The molecule has 3 heteroatoms. The highest BCUT2D eigenvalue weighted by Crippen LogP contribution is 2.32. The molecule has 1 rings (SSSR count). The lowest BCUT2D eigenvalue weighted by Crippen LogP contribution is -2.46. The summed E-state index contributed by atoms with van der Waals surface area (Å²) in [5.41, 5.74) is -1.08. The Morgan fingerprint density at radius 1 is 1.78 bits per heavy atom. The van der Waals surface area contributed by atoms with E-state index < -0.39 is 5.60 Å². The van der Waals surface area contributed by atoms with Gasteiger partial charge in [-0.15, -0.1) is 0 Å². The first-order valence-corrected chi connectivity index (χ1v) is 2.86. The van der Waals surface area contributed by atoms with Crippen LogP contribution in [0.25, 0.3) is 0 Å². The van der Waals surface area contributed by atoms with Crippen molar-refractivity contribution in [3.8, 4) is 6.07 Å². The average Bonchev–Trinajstić information content (AvgIpc) is 1.81. The Bertz CT molecular complexity index is 144. The third kappa shape index (κ3) is 1.04. The molecule has 0 bridgehead atoms. The summed E-state index contributed by atoms with van der Waals surface area (Å²) < 4.78 is 4.87. The van der Waals surface area contributed by atoms with Crippen LogP contribution in [0.5, 0.6) is 0 Å². The predicted octanol–water partition coefficient (Wildman–Crippen LogP) is 0.0499. The van der Waals surface area contributed by atoms with Crippen LogP contribution in [-0.4, -0.2) is 23.9 Å². The Balaban J connectivity index is 2.35. The zero-order chi connectivity index (χ0) is 6.91. The van der Waals surface area contributed by atoms with E-state index in [1.165, 1.54) is 0 Å². The van der Waals surface area contributed by atoms with Gasteiger partial charge < -0.3 is 9.84 Å². The summed E-state index contributed by atoms with van der Waals surface area (Å²) in [6, 6.07) is 1.82. The smallest absolute Gasteiger partial charge is 0.156 e. The van der Waals surface area contributed by atoms with Crippen LogP contribution in [0.1, 0.15) is 12.8 Å². The van der Waals surface area contributed by atoms with E-state index in [4.69, 9.17) is 15.1 Å². The van der Waals surface area contributed by atoms with Gasteiger partial charge in [0.25, 0.3) is 0 Å². The monoisotopic (exact) mass is 127 g/mol. The van der Waals surface area contributed by atoms with E-state index in [1.54, 1.807) is 7.11 Å². The van der Waals surface area contributed by atoms with Crippen LogP contribution >= 0.6 is 0 Å². The van der Waals surface area contributed by atoms with Crippen LogP contribution in [0, 0.1) is 11.3 Å². The van der Waals surface area contributed by atoms with Crippen molar-refractivity contribution < 1.29 is 9.84 Å². The minimum absolute atomic E-state index is 0.0923. The summed E-state index contributed by atoms with van der Waals surface area (Å²) in [6.45, 7) is 0. The molecule has 0 atom stereocenters. The van der Waals surface area contributed by atoms with Crippen molar-refractivity contribution >= 4 is 0 Å². The van der Waals surface area contributed by atoms with E-state index in [1.807, 2.05) is 6.07 Å². The molecule has 50 valence electrons. The Morgan fingerprint density at radius 2 is 2.33 bits per heavy atom. The topological polar surface area (TPSA) is 53.2 Å². The van der Waals surface area contributed by atoms with Gasteiger partial charge in [-0.25, -0.2) is 0 Å². The van der Waals surface area contributed by atoms with Crippen LogP contribution in [-0.2, 0) is 4.74 Å². The molecule has 0 saturated heterocycles. The van der Waals surface area contributed by atoms with Crippen molar-refractivity contribution in [3.63, 3.8) is 0 Å². The zero-order valence-electron chi connectivity index (χ0n) is 5.29. The van der Waals surface area contributed by atoms with Gasteiger partial charge in [0.2, 0.25) is 0 Å². The fourth-order valence-electron chi connectivity index (χ4n) is 0.951. The third-order valence-corrected chi connectivity index (χ3v) is 1.67. The number of hydrogen-bond acceptors (Lipinski definition) is 3. The van der Waals surface area contributed by atoms with E-state index in [0.29, 0.717) is 12.8 Å². The van der Waals surface area contributed by atoms with Gasteiger partial charge in [0, 0.05) is 20.0 Å². The molecule has 0 aromatic carbocycles. The van der Waals surface area contributed by atoms with E-state index in [9.17, 15) is 0 Å². The highest BCUT2D eigenvalue weighted by molar-refractivity contribution is 5.10. The maximum Gasteiger partial charge on any atom is 0.156 e. The standard InChI is InChI=1S/C6H9NO2/c1-9-5-2-6(8,3-5)4-7/h5,8H,2-3H2,1H3. The lowest BCUT2D eigenvalue weighted by atomic mass is 9.79. The second-order valence-electron chi connectivity index (χ2n) is 2.41. The van der Waals surface area contributed by atoms with Gasteiger partial charge in [0.15, 0.2) is 5.60 Å². The van der Waals surface area contributed by atoms with Crippen LogP contribution in [0.2, 0.25) is 0 Å². The Morgan fingerprint density at radius 3 is 2.67 bits per heavy atom. The average molecular weight is 127 g/mol. The first-order valence-electron chi connectivity index (χ1n) is 2.86. The molecule has 0 amide bonds. The SMILES string of the molecule is COC1CC(O)(C#N)C1. The molecule has 0 radical (unpaired) electrons. The van der Waals surface area contributed by atoms with Gasteiger partial charge in [-0.1, -0.05) is 0 Å². The van der Waals surface area contributed by atoms with E-state index >= 15 is 0 Å². The first-order chi connectivity index (χ1) is 4.20. The van der Waals surface area contributed by atoms with Crippen LogP contribution in [0.15, 0.2) is 0 Å². The van der Waals surface area contributed by atoms with Crippen LogP contribution in [0.4, 0.5) is 0 Å². The maximum atomic E-state index is 9.08. The molecule has 1 N–H and O–H groups in total. The summed E-state index contributed by atoms with van der Waals surface area (Å²) in [7, 11) is 1.58. The van der Waals surface area contributed by atoms with Crippen LogP contribution < -0.4 is 0 Å². The minimum Gasteiger partial charge on any atom is -0.381 e. The van der Waals surface area contributed by atoms with Crippen molar-refractivity contribution in [1.82, 2.24) is 0 Å². The second-order valence-corrected chi connectivity index (χ2v) is 2.41. The molecule has 0 heterocycles. The fourth-order valence-corrected chi connectivity index (χ4v) is 0.951. The number of methoxy groups -OCH3 is 1. The summed E-state index contributed by atoms with van der Waals surface area (Å²) in [4.78, 5) is 0. The van der Waals surface area contributed by atoms with Gasteiger partial charge >= 0.3 is 0 Å². The van der Waals surface area contributed by atoms with Crippen LogP contribution in [0.3, 0.4) is 0 Å². The summed E-state index contributed by atoms with van der Waals surface area (Å²) in [6.07, 6.45) is 1.01. The molecule has 1 fully saturated rings. The molecule has 9 heavy (non-hydrogen) atoms. The zero-order valence-corrected chi connectivity index (χ0v) is 5.29. The van der Waals surface area contributed by atoms with Gasteiger partial charge in [0.1, 0.15) is 0 Å². The van der Waals surface area contributed by atoms with E-state index in [-0.39, 0.29) is 6.10 Å². The lowest BCUT2D eigenvalue weighted by Gasteiger charge is -2.36. The highest BCUT2D eigenvalue weighted by Gasteiger charge is 2.43. The number of aliphatic hydroxyl groups is 1. The summed E-state index contributed by atoms with van der Waals surface area (Å²) in [5, 5.41) is 17.4. The third-order valence-electron chi connectivity index (χ3n) is 1.67. The molecule has 1 aliphatic rings. The van der Waals surface area contributed by atoms with Gasteiger partial charge in [-0.3, -0.25) is 0 Å². The molecular weight excluding hydrogens is 118 g/mol. The van der Waals surface area contributed by atoms with E-state index in [0.717, 1.165) is 0 Å². The number of rotatable bonds is 1. The predicted molar refractivity (Wildman–Crippen MR) is 30.6 cm³/mol. The van der Waals surface area contributed by atoms with Crippen molar-refractivity contribution in [2.45, 2.75) is 24.5 Å². The molecule has 0 aromatic rings. The highest BCUT2D eigenvalue weighted by atomic mass is 16.5. The summed E-state index contributed by atoms with van der Waals surface area (Å²) in [5.74, 6) is 0. The molecule has 0 unspecified atom stereocenters. The fraction of sp³-hybridized carbons (Fsp3) is 0.833. The quantitative estimate of drug-likeness (QED) is 0.506. The van der Waals surface area contributed by atoms with Crippen molar-refractivity contribution in [3.05, 3.63) is 0 Å². The van der Waals surface area contributed by atoms with E-state index in [2.05, 4.69) is 0 Å². The van der Waals surface area contributed by atoms with Gasteiger partial charge in [0.05, 0.1) is 12.2 Å². The number of nitriles is 1. The Hall–Kier alpha value is -0.590. The van der Waals surface area contributed by atoms with Crippen molar-refractivity contribution in [2.24, 2.45) is 0 Å². The van der Waals surface area contributed by atoms with Crippen molar-refractivity contribution in [1.29, 1.82) is 5.26 Å². The van der Waals surface area contributed by atoms with Gasteiger partial charge in [-0.2, -0.15) is 5.26 Å². The largest absolute Gasteiger partial charge is 0.381 e. The summed E-state index contributed by atoms with van der Waals surface area (Å²) >= 11 is 0. The molecule has 0 aliphatic heterocycles. The molecule has 0 aromatic heterocycles. The number of nitrogens with zero attached hydrogens (tertiary/aromatic N) is 1. The second kappa shape index (κ2) is 1.98. The molecule has 1 aliphatic carbocycles. The Kier molecular flexibility index (Phi) is 1.43. The van der Waals surface area contributed by atoms with Crippen molar-refractivity contribution in [2.75, 3.05) is 7.11 Å². The molecule has 0 spiro atoms. The normalized spacial score (nSPS) is 41.2. The molecule has 1 saturated carbocycles. The number of hydrogen-bond donors (Lipinski definition) is 1. The van der Waals surface area contributed by atoms with Gasteiger partial charge in [-0.05, 0) is 0 Å². The molecular formula is C6H9NO2. The lowest BCUT2D eigenvalue weighted by molar-refractivity contribution is -0.0922. The number of ether oxygens (including phenoxy) is 1. The molecule has 3 nitrogen and oxygen atoms in total. The Labute approximate surface area is 53.9 Å². The maximum absolute atomic E-state index is 9.08.